The first-order chi connectivity index (χ1) is 12.8. The summed E-state index contributed by atoms with van der Waals surface area (Å²) in [4.78, 5) is 33.7. The standard InChI is InChI=1S/C17H17N3O6S/c1-2-9-4-3-5-13-14(9)15(17(21)22)16(27-13)18-11-7-6-10(19(23)24)8-12(11)20(25)26/h6-9,18H,2-5H2,1H3,(H,21,22). The van der Waals surface area contributed by atoms with Crippen molar-refractivity contribution >= 4 is 39.4 Å². The van der Waals surface area contributed by atoms with Crippen molar-refractivity contribution in [3.05, 3.63) is 54.4 Å². The fourth-order valence-electron chi connectivity index (χ4n) is 3.48. The summed E-state index contributed by atoms with van der Waals surface area (Å²) in [5.41, 5.74) is 0.114. The van der Waals surface area contributed by atoms with Gasteiger partial charge in [-0.3, -0.25) is 20.2 Å². The minimum atomic E-state index is -1.08. The molecule has 0 aliphatic heterocycles. The van der Waals surface area contributed by atoms with Crippen molar-refractivity contribution in [2.45, 2.75) is 38.5 Å². The number of thiophene rings is 1. The molecule has 0 radical (unpaired) electrons. The van der Waals surface area contributed by atoms with Gasteiger partial charge in [0.2, 0.25) is 0 Å². The van der Waals surface area contributed by atoms with Crippen molar-refractivity contribution in [3.63, 3.8) is 0 Å². The smallest absolute Gasteiger partial charge is 0.339 e. The number of nitro benzene ring substituents is 2. The van der Waals surface area contributed by atoms with Crippen LogP contribution in [-0.2, 0) is 6.42 Å². The lowest BCUT2D eigenvalue weighted by Gasteiger charge is -2.21. The summed E-state index contributed by atoms with van der Waals surface area (Å²) in [5.74, 6) is -0.932. The zero-order chi connectivity index (χ0) is 19.7. The van der Waals surface area contributed by atoms with Crippen LogP contribution >= 0.6 is 11.3 Å². The Balaban J connectivity index is 2.09. The van der Waals surface area contributed by atoms with E-state index in [-0.39, 0.29) is 17.2 Å². The largest absolute Gasteiger partial charge is 0.478 e. The van der Waals surface area contributed by atoms with Crippen LogP contribution in [0.1, 0.15) is 52.9 Å². The number of nitrogens with one attached hydrogen (secondary N) is 1. The highest BCUT2D eigenvalue weighted by atomic mass is 32.1. The van der Waals surface area contributed by atoms with Gasteiger partial charge in [0, 0.05) is 10.9 Å². The van der Waals surface area contributed by atoms with Crippen LogP contribution in [0.2, 0.25) is 0 Å². The first-order valence-electron chi connectivity index (χ1n) is 8.42. The van der Waals surface area contributed by atoms with Gasteiger partial charge in [-0.1, -0.05) is 6.92 Å². The average Bonchev–Trinajstić information content (AvgIpc) is 2.99. The number of fused-ring (bicyclic) bond motifs is 1. The number of hydrogen-bond acceptors (Lipinski definition) is 7. The summed E-state index contributed by atoms with van der Waals surface area (Å²) in [6.07, 6.45) is 3.49. The van der Waals surface area contributed by atoms with Crippen LogP contribution in [0.25, 0.3) is 0 Å². The van der Waals surface area contributed by atoms with Gasteiger partial charge in [-0.25, -0.2) is 4.79 Å². The highest BCUT2D eigenvalue weighted by Gasteiger charge is 2.31. The third kappa shape index (κ3) is 3.47. The van der Waals surface area contributed by atoms with Gasteiger partial charge in [-0.2, -0.15) is 0 Å². The quantitative estimate of drug-likeness (QED) is 0.531. The second kappa shape index (κ2) is 7.31. The maximum absolute atomic E-state index is 11.9. The molecule has 1 aliphatic carbocycles. The minimum absolute atomic E-state index is 0.0275. The van der Waals surface area contributed by atoms with E-state index in [0.29, 0.717) is 5.00 Å². The lowest BCUT2D eigenvalue weighted by Crippen LogP contribution is -2.12. The molecule has 142 valence electrons. The molecule has 2 N–H and O–H groups in total. The van der Waals surface area contributed by atoms with Gasteiger partial charge in [0.25, 0.3) is 11.4 Å². The number of non-ortho nitro benzene ring substituents is 1. The highest BCUT2D eigenvalue weighted by Crippen LogP contribution is 2.46. The van der Waals surface area contributed by atoms with Crippen LogP contribution in [0.4, 0.5) is 22.1 Å². The van der Waals surface area contributed by atoms with Crippen molar-refractivity contribution in [1.29, 1.82) is 0 Å². The normalized spacial score (nSPS) is 15.8. The van der Waals surface area contributed by atoms with E-state index in [1.165, 1.54) is 17.4 Å². The molecule has 0 saturated heterocycles. The van der Waals surface area contributed by atoms with E-state index in [9.17, 15) is 30.1 Å². The third-order valence-corrected chi connectivity index (χ3v) is 5.91. The number of carboxylic acid groups (broad SMARTS) is 1. The number of aryl methyl sites for hydroxylation is 1. The molecule has 1 heterocycles. The van der Waals surface area contributed by atoms with Crippen molar-refractivity contribution < 1.29 is 19.7 Å². The van der Waals surface area contributed by atoms with E-state index < -0.39 is 27.2 Å². The maximum atomic E-state index is 11.9. The van der Waals surface area contributed by atoms with Crippen LogP contribution in [0.5, 0.6) is 0 Å². The number of anilines is 2. The lowest BCUT2D eigenvalue weighted by molar-refractivity contribution is -0.393. The average molecular weight is 391 g/mol. The number of benzene rings is 1. The van der Waals surface area contributed by atoms with Crippen LogP contribution in [0.15, 0.2) is 18.2 Å². The predicted molar refractivity (Wildman–Crippen MR) is 100 cm³/mol. The molecule has 0 fully saturated rings. The Labute approximate surface area is 157 Å². The molecule has 1 aromatic heterocycles. The number of hydrogen-bond donors (Lipinski definition) is 2. The number of carbonyl (C=O) groups is 1. The number of nitrogens with zero attached hydrogens (tertiary/aromatic N) is 2. The molecular weight excluding hydrogens is 374 g/mol. The molecule has 27 heavy (non-hydrogen) atoms. The van der Waals surface area contributed by atoms with Gasteiger partial charge in [-0.05, 0) is 43.2 Å². The number of nitro groups is 2. The summed E-state index contributed by atoms with van der Waals surface area (Å²) in [5, 5.41) is 35.1. The van der Waals surface area contributed by atoms with E-state index in [1.54, 1.807) is 0 Å². The summed E-state index contributed by atoms with van der Waals surface area (Å²) in [6, 6.07) is 3.25. The number of aromatic carboxylic acids is 1. The summed E-state index contributed by atoms with van der Waals surface area (Å²) in [7, 11) is 0. The lowest BCUT2D eigenvalue weighted by atomic mass is 9.83. The first kappa shape index (κ1) is 18.8. The van der Waals surface area contributed by atoms with Gasteiger partial charge in [-0.15, -0.1) is 11.3 Å². The topological polar surface area (TPSA) is 136 Å². The van der Waals surface area contributed by atoms with E-state index in [0.717, 1.165) is 48.3 Å². The Kier molecular flexibility index (Phi) is 5.08. The molecule has 2 aromatic rings. The molecule has 1 atom stereocenters. The molecule has 10 heteroatoms. The Morgan fingerprint density at radius 2 is 2.07 bits per heavy atom. The fourth-order valence-corrected chi connectivity index (χ4v) is 4.81. The van der Waals surface area contributed by atoms with E-state index in [2.05, 4.69) is 5.32 Å². The summed E-state index contributed by atoms with van der Waals surface area (Å²) < 4.78 is 0. The van der Waals surface area contributed by atoms with Gasteiger partial charge in [0.05, 0.1) is 21.5 Å². The molecule has 0 bridgehead atoms. The van der Waals surface area contributed by atoms with Crippen LogP contribution in [0, 0.1) is 20.2 Å². The van der Waals surface area contributed by atoms with E-state index >= 15 is 0 Å². The molecule has 0 spiro atoms. The van der Waals surface area contributed by atoms with E-state index in [4.69, 9.17) is 0 Å². The highest BCUT2D eigenvalue weighted by molar-refractivity contribution is 7.16. The predicted octanol–water partition coefficient (Wildman–Crippen LogP) is 4.84. The SMILES string of the molecule is CCC1CCCc2sc(Nc3ccc([N+](=O)[O-])cc3[N+](=O)[O-])c(C(=O)O)c21. The zero-order valence-corrected chi connectivity index (χ0v) is 15.2. The summed E-state index contributed by atoms with van der Waals surface area (Å²) >= 11 is 1.29. The molecular formula is C17H17N3O6S. The Morgan fingerprint density at radius 3 is 2.67 bits per heavy atom. The molecule has 0 saturated carbocycles. The van der Waals surface area contributed by atoms with Crippen molar-refractivity contribution in [2.24, 2.45) is 0 Å². The second-order valence-corrected chi connectivity index (χ2v) is 7.39. The number of carboxylic acids is 1. The van der Waals surface area contributed by atoms with Crippen LogP contribution < -0.4 is 5.32 Å². The first-order valence-corrected chi connectivity index (χ1v) is 9.23. The monoisotopic (exact) mass is 391 g/mol. The fraction of sp³-hybridized carbons (Fsp3) is 0.353. The van der Waals surface area contributed by atoms with E-state index in [1.807, 2.05) is 6.92 Å². The van der Waals surface area contributed by atoms with Crippen molar-refractivity contribution in [3.8, 4) is 0 Å². The van der Waals surface area contributed by atoms with Gasteiger partial charge < -0.3 is 10.4 Å². The Morgan fingerprint density at radius 1 is 1.33 bits per heavy atom. The molecule has 1 unspecified atom stereocenters. The number of rotatable bonds is 6. The Bertz CT molecular complexity index is 939. The van der Waals surface area contributed by atoms with Crippen molar-refractivity contribution in [1.82, 2.24) is 0 Å². The zero-order valence-electron chi connectivity index (χ0n) is 14.4. The molecule has 9 nitrogen and oxygen atoms in total. The maximum Gasteiger partial charge on any atom is 0.339 e. The van der Waals surface area contributed by atoms with Gasteiger partial charge in [0.1, 0.15) is 10.7 Å². The van der Waals surface area contributed by atoms with Crippen LogP contribution in [-0.4, -0.2) is 20.9 Å². The second-order valence-electron chi connectivity index (χ2n) is 6.29. The molecule has 3 rings (SSSR count). The Hall–Kier alpha value is -3.01. The van der Waals surface area contributed by atoms with Gasteiger partial charge in [0.15, 0.2) is 0 Å². The third-order valence-electron chi connectivity index (χ3n) is 4.73. The molecule has 1 aliphatic rings. The minimum Gasteiger partial charge on any atom is -0.478 e. The molecule has 0 amide bonds. The summed E-state index contributed by atoms with van der Waals surface area (Å²) in [6.45, 7) is 2.01. The molecule has 1 aromatic carbocycles. The van der Waals surface area contributed by atoms with Crippen LogP contribution in [0.3, 0.4) is 0 Å². The van der Waals surface area contributed by atoms with Gasteiger partial charge >= 0.3 is 5.97 Å². The van der Waals surface area contributed by atoms with Crippen molar-refractivity contribution in [2.75, 3.05) is 5.32 Å².